The van der Waals surface area contributed by atoms with Crippen molar-refractivity contribution in [2.24, 2.45) is 0 Å². The van der Waals surface area contributed by atoms with E-state index >= 15 is 0 Å². The maximum atomic E-state index is 4.70. The van der Waals surface area contributed by atoms with E-state index in [1.54, 1.807) is 11.3 Å². The van der Waals surface area contributed by atoms with Crippen molar-refractivity contribution < 1.29 is 0 Å². The molecule has 2 heterocycles. The molecule has 0 aliphatic heterocycles. The number of aromatic nitrogens is 3. The normalized spacial score (nSPS) is 12.6. The van der Waals surface area contributed by atoms with Crippen LogP contribution in [0.15, 0.2) is 5.51 Å². The maximum absolute atomic E-state index is 4.70. The lowest BCUT2D eigenvalue weighted by atomic mass is 9.95. The van der Waals surface area contributed by atoms with Gasteiger partial charge in [-0.05, 0) is 5.92 Å². The first-order chi connectivity index (χ1) is 7.39. The van der Waals surface area contributed by atoms with Crippen molar-refractivity contribution in [3.8, 4) is 0 Å². The Morgan fingerprint density at radius 3 is 2.44 bits per heavy atom. The van der Waals surface area contributed by atoms with Gasteiger partial charge >= 0.3 is 0 Å². The number of fused-ring (bicyclic) bond motifs is 1. The van der Waals surface area contributed by atoms with E-state index in [-0.39, 0.29) is 5.41 Å². The second-order valence-electron chi connectivity index (χ2n) is 5.34. The molecule has 0 bridgehead atoms. The van der Waals surface area contributed by atoms with Crippen LogP contribution in [0.1, 0.15) is 52.1 Å². The molecule has 0 saturated carbocycles. The van der Waals surface area contributed by atoms with E-state index in [2.05, 4.69) is 44.6 Å². The van der Waals surface area contributed by atoms with E-state index in [1.165, 1.54) is 0 Å². The number of nitrogens with zero attached hydrogens (tertiary/aromatic N) is 3. The van der Waals surface area contributed by atoms with Gasteiger partial charge in [0.15, 0.2) is 5.65 Å². The number of thiazole rings is 1. The molecular weight excluding hydrogens is 218 g/mol. The molecule has 0 aromatic carbocycles. The molecule has 4 heteroatoms. The van der Waals surface area contributed by atoms with E-state index in [0.717, 1.165) is 21.9 Å². The Balaban J connectivity index is 2.71. The third-order valence-electron chi connectivity index (χ3n) is 2.44. The van der Waals surface area contributed by atoms with Crippen LogP contribution in [0.5, 0.6) is 0 Å². The van der Waals surface area contributed by atoms with Crippen LogP contribution in [0.25, 0.3) is 10.3 Å². The minimum absolute atomic E-state index is 0.0263. The fraction of sp³-hybridized carbons (Fsp3) is 0.583. The molecule has 0 unspecified atom stereocenters. The molecular formula is C12H17N3S. The summed E-state index contributed by atoms with van der Waals surface area (Å²) in [5.74, 6) is 1.29. The lowest BCUT2D eigenvalue weighted by molar-refractivity contribution is 0.542. The Bertz CT molecular complexity index is 508. The molecule has 0 spiro atoms. The van der Waals surface area contributed by atoms with Crippen molar-refractivity contribution in [2.45, 2.75) is 46.0 Å². The van der Waals surface area contributed by atoms with Gasteiger partial charge in [0, 0.05) is 5.41 Å². The summed E-state index contributed by atoms with van der Waals surface area (Å²) in [5.41, 5.74) is 3.78. The highest BCUT2D eigenvalue weighted by molar-refractivity contribution is 7.16. The van der Waals surface area contributed by atoms with Crippen molar-refractivity contribution >= 4 is 21.7 Å². The van der Waals surface area contributed by atoms with Gasteiger partial charge in [-0.3, -0.25) is 0 Å². The summed E-state index contributed by atoms with van der Waals surface area (Å²) in [4.78, 5) is 13.5. The van der Waals surface area contributed by atoms with Crippen LogP contribution in [0.3, 0.4) is 0 Å². The first-order valence-electron chi connectivity index (χ1n) is 5.51. The average molecular weight is 235 g/mol. The highest BCUT2D eigenvalue weighted by Crippen LogP contribution is 2.28. The predicted molar refractivity (Wildman–Crippen MR) is 68.0 cm³/mol. The minimum Gasteiger partial charge on any atom is -0.235 e. The Labute approximate surface area is 100.0 Å². The number of hydrogen-bond donors (Lipinski definition) is 0. The zero-order valence-corrected chi connectivity index (χ0v) is 11.2. The molecule has 0 aliphatic carbocycles. The van der Waals surface area contributed by atoms with Gasteiger partial charge in [0.05, 0.1) is 15.9 Å². The zero-order valence-electron chi connectivity index (χ0n) is 10.4. The minimum atomic E-state index is -0.0263. The molecule has 86 valence electrons. The fourth-order valence-electron chi connectivity index (χ4n) is 1.51. The molecule has 0 radical (unpaired) electrons. The lowest BCUT2D eigenvalue weighted by Crippen LogP contribution is -2.17. The van der Waals surface area contributed by atoms with Gasteiger partial charge in [-0.15, -0.1) is 11.3 Å². The summed E-state index contributed by atoms with van der Waals surface area (Å²) in [6.07, 6.45) is 0. The summed E-state index contributed by atoms with van der Waals surface area (Å²) in [6, 6.07) is 0. The maximum Gasteiger partial charge on any atom is 0.174 e. The Morgan fingerprint density at radius 2 is 1.88 bits per heavy atom. The highest BCUT2D eigenvalue weighted by atomic mass is 32.1. The van der Waals surface area contributed by atoms with Crippen molar-refractivity contribution in [2.75, 3.05) is 0 Å². The van der Waals surface area contributed by atoms with Crippen LogP contribution >= 0.6 is 11.3 Å². The summed E-state index contributed by atoms with van der Waals surface area (Å²) < 4.78 is 1.13. The molecule has 2 aromatic heterocycles. The van der Waals surface area contributed by atoms with E-state index in [0.29, 0.717) is 5.92 Å². The monoisotopic (exact) mass is 235 g/mol. The molecule has 2 aromatic rings. The lowest BCUT2D eigenvalue weighted by Gasteiger charge is -2.18. The highest BCUT2D eigenvalue weighted by Gasteiger charge is 2.21. The predicted octanol–water partition coefficient (Wildman–Crippen LogP) is 3.51. The van der Waals surface area contributed by atoms with E-state index < -0.39 is 0 Å². The van der Waals surface area contributed by atoms with Crippen LogP contribution < -0.4 is 0 Å². The van der Waals surface area contributed by atoms with Crippen LogP contribution in [-0.4, -0.2) is 15.0 Å². The first-order valence-corrected chi connectivity index (χ1v) is 6.39. The van der Waals surface area contributed by atoms with Gasteiger partial charge in [-0.25, -0.2) is 15.0 Å². The molecule has 0 fully saturated rings. The number of hydrogen-bond acceptors (Lipinski definition) is 4. The van der Waals surface area contributed by atoms with Gasteiger partial charge in [0.25, 0.3) is 0 Å². The molecule has 2 rings (SSSR count). The van der Waals surface area contributed by atoms with Crippen molar-refractivity contribution in [1.82, 2.24) is 15.0 Å². The summed E-state index contributed by atoms with van der Waals surface area (Å²) in [5, 5.41) is 0. The topological polar surface area (TPSA) is 38.7 Å². The van der Waals surface area contributed by atoms with Crippen LogP contribution in [0.2, 0.25) is 0 Å². The van der Waals surface area contributed by atoms with Crippen molar-refractivity contribution in [3.05, 3.63) is 17.0 Å². The summed E-state index contributed by atoms with van der Waals surface area (Å²) >= 11 is 1.63. The molecule has 0 N–H and O–H groups in total. The quantitative estimate of drug-likeness (QED) is 0.759. The van der Waals surface area contributed by atoms with Crippen molar-refractivity contribution in [3.63, 3.8) is 0 Å². The molecule has 3 nitrogen and oxygen atoms in total. The van der Waals surface area contributed by atoms with Crippen molar-refractivity contribution in [1.29, 1.82) is 0 Å². The third-order valence-corrected chi connectivity index (χ3v) is 3.28. The SMILES string of the molecule is CC(C)c1nc(C(C)(C)C)nc2ncsc12. The molecule has 0 amide bonds. The third kappa shape index (κ3) is 1.94. The van der Waals surface area contributed by atoms with Gasteiger partial charge in [-0.1, -0.05) is 34.6 Å². The van der Waals surface area contributed by atoms with E-state index in [4.69, 9.17) is 4.98 Å². The molecule has 0 saturated heterocycles. The standard InChI is InChI=1S/C12H17N3S/c1-7(2)8-9-10(13-6-16-9)15-11(14-8)12(3,4)5/h6-7H,1-5H3. The average Bonchev–Trinajstić information content (AvgIpc) is 2.61. The van der Waals surface area contributed by atoms with Gasteiger partial charge in [0.1, 0.15) is 5.82 Å². The number of rotatable bonds is 1. The van der Waals surface area contributed by atoms with Crippen LogP contribution in [0, 0.1) is 0 Å². The Kier molecular flexibility index (Phi) is 2.70. The summed E-state index contributed by atoms with van der Waals surface area (Å²) in [7, 11) is 0. The Morgan fingerprint density at radius 1 is 1.19 bits per heavy atom. The van der Waals surface area contributed by atoms with Gasteiger partial charge in [0.2, 0.25) is 0 Å². The second kappa shape index (κ2) is 3.77. The fourth-order valence-corrected chi connectivity index (χ4v) is 2.38. The van der Waals surface area contributed by atoms with E-state index in [9.17, 15) is 0 Å². The zero-order chi connectivity index (χ0) is 11.9. The van der Waals surface area contributed by atoms with Gasteiger partial charge < -0.3 is 0 Å². The van der Waals surface area contributed by atoms with Crippen LogP contribution in [-0.2, 0) is 5.41 Å². The first kappa shape index (κ1) is 11.5. The van der Waals surface area contributed by atoms with Crippen LogP contribution in [0.4, 0.5) is 0 Å². The second-order valence-corrected chi connectivity index (χ2v) is 6.20. The van der Waals surface area contributed by atoms with Gasteiger partial charge in [-0.2, -0.15) is 0 Å². The molecule has 16 heavy (non-hydrogen) atoms. The summed E-state index contributed by atoms with van der Waals surface area (Å²) in [6.45, 7) is 10.7. The molecule has 0 atom stereocenters. The smallest absolute Gasteiger partial charge is 0.174 e. The molecule has 0 aliphatic rings. The largest absolute Gasteiger partial charge is 0.235 e. The van der Waals surface area contributed by atoms with E-state index in [1.807, 2.05) is 5.51 Å². The Hall–Kier alpha value is -1.03.